The summed E-state index contributed by atoms with van der Waals surface area (Å²) in [5, 5.41) is 3.07. The zero-order valence-corrected chi connectivity index (χ0v) is 12.8. The Kier molecular flexibility index (Phi) is 8.33. The Morgan fingerprint density at radius 1 is 1.22 bits per heavy atom. The molecule has 0 aromatic rings. The molecule has 0 saturated carbocycles. The summed E-state index contributed by atoms with van der Waals surface area (Å²) in [6.07, 6.45) is -0.104. The van der Waals surface area contributed by atoms with Crippen LogP contribution in [-0.2, 0) is 14.9 Å². The topological polar surface area (TPSA) is 70.7 Å². The lowest BCUT2D eigenvalue weighted by Gasteiger charge is -2.34. The Balaban J connectivity index is 0.00000289. The number of hydrogen-bond donors (Lipinski definition) is 2. The zero-order valence-electron chi connectivity index (χ0n) is 11.2. The molecule has 6 nitrogen and oxygen atoms in total. The molecule has 1 aliphatic heterocycles. The van der Waals surface area contributed by atoms with Gasteiger partial charge in [-0.1, -0.05) is 6.92 Å². The molecule has 110 valence electrons. The first-order chi connectivity index (χ1) is 7.95. The molecular formula is C10H24ClN3O3S. The van der Waals surface area contributed by atoms with Gasteiger partial charge in [-0.05, 0) is 20.4 Å². The van der Waals surface area contributed by atoms with Gasteiger partial charge in [-0.2, -0.15) is 12.7 Å². The van der Waals surface area contributed by atoms with Crippen LogP contribution < -0.4 is 10.0 Å². The summed E-state index contributed by atoms with van der Waals surface area (Å²) in [5.74, 6) is 0. The Hall–Kier alpha value is 0.0800. The minimum absolute atomic E-state index is 0. The predicted molar refractivity (Wildman–Crippen MR) is 74.3 cm³/mol. The number of halogens is 1. The zero-order chi connectivity index (χ0) is 12.9. The molecule has 0 bridgehead atoms. The van der Waals surface area contributed by atoms with Crippen molar-refractivity contribution in [2.75, 3.05) is 32.7 Å². The maximum Gasteiger partial charge on any atom is 0.279 e. The number of likely N-dealkylation sites (N-methyl/N-ethyl adjacent to an activating group) is 1. The maximum atomic E-state index is 12.0. The summed E-state index contributed by atoms with van der Waals surface area (Å²) in [5.41, 5.74) is 0. The molecule has 1 saturated heterocycles. The molecule has 0 aromatic heterocycles. The number of morpholine rings is 1. The third-order valence-electron chi connectivity index (χ3n) is 2.56. The van der Waals surface area contributed by atoms with Crippen molar-refractivity contribution in [3.05, 3.63) is 0 Å². The molecule has 0 aliphatic carbocycles. The van der Waals surface area contributed by atoms with Gasteiger partial charge in [-0.25, -0.2) is 4.72 Å². The number of nitrogens with zero attached hydrogens (tertiary/aromatic N) is 1. The normalized spacial score (nSPS) is 25.7. The van der Waals surface area contributed by atoms with Crippen molar-refractivity contribution in [1.29, 1.82) is 0 Å². The quantitative estimate of drug-likeness (QED) is 0.676. The molecule has 1 fully saturated rings. The van der Waals surface area contributed by atoms with Crippen LogP contribution in [0.15, 0.2) is 0 Å². The summed E-state index contributed by atoms with van der Waals surface area (Å²) < 4.78 is 33.5. The number of ether oxygens (including phenoxy) is 1. The number of rotatable bonds is 6. The molecule has 1 rings (SSSR count). The lowest BCUT2D eigenvalue weighted by atomic mass is 10.3. The van der Waals surface area contributed by atoms with Gasteiger partial charge in [0.05, 0.1) is 12.2 Å². The highest BCUT2D eigenvalue weighted by atomic mass is 35.5. The van der Waals surface area contributed by atoms with E-state index in [1.165, 1.54) is 4.31 Å². The van der Waals surface area contributed by atoms with Crippen molar-refractivity contribution in [1.82, 2.24) is 14.3 Å². The average molecular weight is 302 g/mol. The van der Waals surface area contributed by atoms with Gasteiger partial charge in [0.2, 0.25) is 0 Å². The second-order valence-electron chi connectivity index (χ2n) is 4.33. The highest BCUT2D eigenvalue weighted by Gasteiger charge is 2.30. The summed E-state index contributed by atoms with van der Waals surface area (Å²) in [4.78, 5) is 0. The van der Waals surface area contributed by atoms with E-state index in [4.69, 9.17) is 4.74 Å². The van der Waals surface area contributed by atoms with Crippen molar-refractivity contribution >= 4 is 22.6 Å². The van der Waals surface area contributed by atoms with Crippen molar-refractivity contribution in [2.45, 2.75) is 33.0 Å². The van der Waals surface area contributed by atoms with Gasteiger partial charge in [0.25, 0.3) is 10.2 Å². The molecule has 18 heavy (non-hydrogen) atoms. The third-order valence-corrected chi connectivity index (χ3v) is 4.11. The Morgan fingerprint density at radius 3 is 2.28 bits per heavy atom. The molecule has 1 heterocycles. The number of nitrogens with one attached hydrogen (secondary N) is 2. The van der Waals surface area contributed by atoms with E-state index in [0.29, 0.717) is 26.2 Å². The molecule has 2 atom stereocenters. The first-order valence-corrected chi connectivity index (χ1v) is 7.50. The molecule has 2 unspecified atom stereocenters. The first-order valence-electron chi connectivity index (χ1n) is 6.06. The van der Waals surface area contributed by atoms with Crippen molar-refractivity contribution in [3.63, 3.8) is 0 Å². The molecule has 2 N–H and O–H groups in total. The van der Waals surface area contributed by atoms with Crippen molar-refractivity contribution in [2.24, 2.45) is 0 Å². The van der Waals surface area contributed by atoms with Crippen LogP contribution in [0.1, 0.15) is 20.8 Å². The van der Waals surface area contributed by atoms with Crippen LogP contribution in [-0.4, -0.2) is 57.7 Å². The van der Waals surface area contributed by atoms with E-state index in [9.17, 15) is 8.42 Å². The van der Waals surface area contributed by atoms with Crippen LogP contribution in [0.4, 0.5) is 0 Å². The minimum Gasteiger partial charge on any atom is -0.373 e. The minimum atomic E-state index is -3.37. The Morgan fingerprint density at radius 2 is 1.78 bits per heavy atom. The van der Waals surface area contributed by atoms with E-state index < -0.39 is 10.2 Å². The molecule has 0 spiro atoms. The van der Waals surface area contributed by atoms with Crippen LogP contribution in [0.5, 0.6) is 0 Å². The smallest absolute Gasteiger partial charge is 0.279 e. The van der Waals surface area contributed by atoms with Crippen LogP contribution >= 0.6 is 12.4 Å². The second kappa shape index (κ2) is 8.29. The fraction of sp³-hybridized carbons (Fsp3) is 1.00. The van der Waals surface area contributed by atoms with Gasteiger partial charge in [0, 0.05) is 26.2 Å². The van der Waals surface area contributed by atoms with Crippen LogP contribution in [0.2, 0.25) is 0 Å². The van der Waals surface area contributed by atoms with E-state index in [1.807, 2.05) is 20.8 Å². The SMILES string of the molecule is CCNCCNS(=O)(=O)N1CC(C)OC(C)C1.Cl. The summed E-state index contributed by atoms with van der Waals surface area (Å²) in [7, 11) is -3.37. The maximum absolute atomic E-state index is 12.0. The van der Waals surface area contributed by atoms with Crippen LogP contribution in [0.3, 0.4) is 0 Å². The largest absolute Gasteiger partial charge is 0.373 e. The monoisotopic (exact) mass is 301 g/mol. The van der Waals surface area contributed by atoms with E-state index >= 15 is 0 Å². The van der Waals surface area contributed by atoms with Crippen LogP contribution in [0, 0.1) is 0 Å². The highest BCUT2D eigenvalue weighted by molar-refractivity contribution is 7.87. The summed E-state index contributed by atoms with van der Waals surface area (Å²) >= 11 is 0. The first kappa shape index (κ1) is 18.1. The van der Waals surface area contributed by atoms with Gasteiger partial charge in [-0.15, -0.1) is 12.4 Å². The molecule has 0 amide bonds. The van der Waals surface area contributed by atoms with Gasteiger partial charge >= 0.3 is 0 Å². The number of hydrogen-bond acceptors (Lipinski definition) is 4. The lowest BCUT2D eigenvalue weighted by Crippen LogP contribution is -2.52. The van der Waals surface area contributed by atoms with Crippen molar-refractivity contribution in [3.8, 4) is 0 Å². The van der Waals surface area contributed by atoms with Crippen LogP contribution in [0.25, 0.3) is 0 Å². The van der Waals surface area contributed by atoms with E-state index in [-0.39, 0.29) is 24.6 Å². The van der Waals surface area contributed by atoms with Gasteiger partial charge in [0.15, 0.2) is 0 Å². The molecule has 1 aliphatic rings. The van der Waals surface area contributed by atoms with E-state index in [0.717, 1.165) is 6.54 Å². The molecular weight excluding hydrogens is 278 g/mol. The summed E-state index contributed by atoms with van der Waals surface area (Å²) in [6.45, 7) is 8.49. The van der Waals surface area contributed by atoms with Gasteiger partial charge < -0.3 is 10.1 Å². The molecule has 0 radical (unpaired) electrons. The highest BCUT2D eigenvalue weighted by Crippen LogP contribution is 2.13. The lowest BCUT2D eigenvalue weighted by molar-refractivity contribution is -0.0443. The van der Waals surface area contributed by atoms with E-state index in [2.05, 4.69) is 10.0 Å². The van der Waals surface area contributed by atoms with Crippen molar-refractivity contribution < 1.29 is 13.2 Å². The third kappa shape index (κ3) is 5.81. The second-order valence-corrected chi connectivity index (χ2v) is 6.08. The van der Waals surface area contributed by atoms with Gasteiger partial charge in [-0.3, -0.25) is 0 Å². The fourth-order valence-corrected chi connectivity index (χ4v) is 3.22. The molecule has 8 heteroatoms. The Labute approximate surface area is 116 Å². The Bertz CT molecular complexity index is 316. The fourth-order valence-electron chi connectivity index (χ4n) is 1.86. The van der Waals surface area contributed by atoms with E-state index in [1.54, 1.807) is 0 Å². The predicted octanol–water partition coefficient (Wildman–Crippen LogP) is -0.0387. The summed E-state index contributed by atoms with van der Waals surface area (Å²) in [6, 6.07) is 0. The van der Waals surface area contributed by atoms with Gasteiger partial charge in [0.1, 0.15) is 0 Å². The molecule has 0 aromatic carbocycles. The standard InChI is InChI=1S/C10H23N3O3S.ClH/c1-4-11-5-6-12-17(14,15)13-7-9(2)16-10(3)8-13;/h9-12H,4-8H2,1-3H3;1H. The average Bonchev–Trinajstić information content (AvgIpc) is 2.23.